The molecule has 0 amide bonds. The third-order valence-corrected chi connectivity index (χ3v) is 3.87. The van der Waals surface area contributed by atoms with Crippen LogP contribution < -0.4 is 15.3 Å². The maximum absolute atomic E-state index is 12.3. The Hall–Kier alpha value is -1.66. The molecule has 0 fully saturated rings. The predicted molar refractivity (Wildman–Crippen MR) is 70.9 cm³/mol. The first kappa shape index (κ1) is 11.8. The van der Waals surface area contributed by atoms with Gasteiger partial charge in [-0.2, -0.15) is 0 Å². The summed E-state index contributed by atoms with van der Waals surface area (Å²) in [5, 5.41) is 1.65. The Labute approximate surface area is 102 Å². The van der Waals surface area contributed by atoms with E-state index in [1.807, 2.05) is 61.5 Å². The van der Waals surface area contributed by atoms with Crippen molar-refractivity contribution in [2.24, 2.45) is 0 Å². The quantitative estimate of drug-likeness (QED) is 0.774. The Morgan fingerprint density at radius 2 is 1.71 bits per heavy atom. The van der Waals surface area contributed by atoms with Crippen LogP contribution in [0.1, 0.15) is 6.92 Å². The average Bonchev–Trinajstić information content (AvgIpc) is 2.40. The van der Waals surface area contributed by atoms with Crippen molar-refractivity contribution < 1.29 is 9.30 Å². The summed E-state index contributed by atoms with van der Waals surface area (Å²) in [4.78, 5) is 0. The van der Waals surface area contributed by atoms with E-state index in [1.165, 1.54) is 0 Å². The Kier molecular flexibility index (Phi) is 3.89. The number of rotatable bonds is 4. The molecule has 17 heavy (non-hydrogen) atoms. The molecule has 0 aliphatic heterocycles. The van der Waals surface area contributed by atoms with Gasteiger partial charge in [-0.1, -0.05) is 28.8 Å². The van der Waals surface area contributed by atoms with Gasteiger partial charge in [-0.25, -0.2) is 0 Å². The van der Waals surface area contributed by atoms with E-state index in [9.17, 15) is 4.57 Å². The van der Waals surface area contributed by atoms with E-state index >= 15 is 0 Å². The van der Waals surface area contributed by atoms with Gasteiger partial charge in [-0.05, 0) is 31.2 Å². The molecule has 0 aliphatic carbocycles. The summed E-state index contributed by atoms with van der Waals surface area (Å²) in [6, 6.07) is 16.9. The first-order chi connectivity index (χ1) is 8.31. The van der Waals surface area contributed by atoms with Crippen LogP contribution >= 0.6 is 7.80 Å². The molecule has 0 aromatic heterocycles. The van der Waals surface area contributed by atoms with Crippen molar-refractivity contribution >= 4 is 18.4 Å². The average molecular weight is 245 g/mol. The maximum Gasteiger partial charge on any atom is 0.415 e. The standard InChI is InChI=1S/C14H14O2P/c1-2-16-12-7-6-10-14(11-12)17(15)13-8-4-3-5-9-13/h3-11H,2H2,1H3/q+1. The first-order valence-corrected chi connectivity index (χ1v) is 6.82. The smallest absolute Gasteiger partial charge is 0.415 e. The zero-order chi connectivity index (χ0) is 12.1. The van der Waals surface area contributed by atoms with E-state index < -0.39 is 7.80 Å². The van der Waals surface area contributed by atoms with E-state index in [2.05, 4.69) is 0 Å². The highest BCUT2D eigenvalue weighted by Gasteiger charge is 2.23. The van der Waals surface area contributed by atoms with Crippen molar-refractivity contribution in [3.8, 4) is 5.75 Å². The minimum Gasteiger partial charge on any atom is -0.494 e. The molecular formula is C14H14O2P+. The maximum atomic E-state index is 12.3. The highest BCUT2D eigenvalue weighted by Crippen LogP contribution is 2.21. The van der Waals surface area contributed by atoms with Crippen molar-refractivity contribution in [2.45, 2.75) is 6.92 Å². The Morgan fingerprint density at radius 3 is 2.41 bits per heavy atom. The molecule has 0 N–H and O–H groups in total. The number of benzene rings is 2. The van der Waals surface area contributed by atoms with Gasteiger partial charge >= 0.3 is 7.80 Å². The van der Waals surface area contributed by atoms with Gasteiger partial charge in [-0.3, -0.25) is 0 Å². The lowest BCUT2D eigenvalue weighted by Gasteiger charge is -2.00. The summed E-state index contributed by atoms with van der Waals surface area (Å²) in [6.07, 6.45) is 0. The SMILES string of the molecule is CCOc1cccc([P+](=O)c2ccccc2)c1. The molecule has 2 aromatic carbocycles. The largest absolute Gasteiger partial charge is 0.494 e. The summed E-state index contributed by atoms with van der Waals surface area (Å²) in [6.45, 7) is 2.55. The number of hydrogen-bond donors (Lipinski definition) is 0. The molecule has 0 heterocycles. The van der Waals surface area contributed by atoms with Crippen LogP contribution in [-0.2, 0) is 4.57 Å². The highest BCUT2D eigenvalue weighted by molar-refractivity contribution is 7.61. The molecule has 2 nitrogen and oxygen atoms in total. The van der Waals surface area contributed by atoms with Crippen LogP contribution in [0, 0.1) is 0 Å². The van der Waals surface area contributed by atoms with E-state index in [0.717, 1.165) is 16.4 Å². The Morgan fingerprint density at radius 1 is 1.00 bits per heavy atom. The molecule has 0 radical (unpaired) electrons. The second-order valence-corrected chi connectivity index (χ2v) is 5.18. The van der Waals surface area contributed by atoms with Crippen LogP contribution in [0.25, 0.3) is 0 Å². The predicted octanol–water partition coefficient (Wildman–Crippen LogP) is 2.86. The molecule has 0 saturated heterocycles. The topological polar surface area (TPSA) is 26.3 Å². The monoisotopic (exact) mass is 245 g/mol. The van der Waals surface area contributed by atoms with Crippen molar-refractivity contribution in [1.82, 2.24) is 0 Å². The minimum atomic E-state index is -1.53. The second-order valence-electron chi connectivity index (χ2n) is 3.56. The van der Waals surface area contributed by atoms with E-state index in [-0.39, 0.29) is 0 Å². The van der Waals surface area contributed by atoms with E-state index in [0.29, 0.717) is 6.61 Å². The summed E-state index contributed by atoms with van der Waals surface area (Å²) in [7, 11) is -1.53. The van der Waals surface area contributed by atoms with Crippen LogP contribution in [0.5, 0.6) is 5.75 Å². The fraction of sp³-hybridized carbons (Fsp3) is 0.143. The fourth-order valence-electron chi connectivity index (χ4n) is 1.58. The van der Waals surface area contributed by atoms with E-state index in [1.54, 1.807) is 0 Å². The van der Waals surface area contributed by atoms with Gasteiger partial charge in [0, 0.05) is 6.07 Å². The lowest BCUT2D eigenvalue weighted by Crippen LogP contribution is -2.06. The van der Waals surface area contributed by atoms with Crippen molar-refractivity contribution in [3.63, 3.8) is 0 Å². The molecule has 2 rings (SSSR count). The third-order valence-electron chi connectivity index (χ3n) is 2.35. The van der Waals surface area contributed by atoms with Crippen LogP contribution in [-0.4, -0.2) is 6.61 Å². The van der Waals surface area contributed by atoms with Crippen LogP contribution in [0.3, 0.4) is 0 Å². The molecule has 1 atom stereocenters. The third kappa shape index (κ3) is 2.92. The van der Waals surface area contributed by atoms with Gasteiger partial charge < -0.3 is 4.74 Å². The molecule has 86 valence electrons. The van der Waals surface area contributed by atoms with Crippen molar-refractivity contribution in [1.29, 1.82) is 0 Å². The minimum absolute atomic E-state index is 0.617. The van der Waals surface area contributed by atoms with Gasteiger partial charge in [0.05, 0.1) is 6.61 Å². The van der Waals surface area contributed by atoms with Gasteiger partial charge in [-0.15, -0.1) is 0 Å². The van der Waals surface area contributed by atoms with Crippen LogP contribution in [0.4, 0.5) is 0 Å². The zero-order valence-electron chi connectivity index (χ0n) is 9.67. The van der Waals surface area contributed by atoms with E-state index in [4.69, 9.17) is 4.74 Å². The molecule has 2 aromatic rings. The normalized spacial score (nSPS) is 11.0. The fourth-order valence-corrected chi connectivity index (χ4v) is 2.79. The van der Waals surface area contributed by atoms with Crippen LogP contribution in [0.2, 0.25) is 0 Å². The molecule has 0 saturated carbocycles. The van der Waals surface area contributed by atoms with Gasteiger partial charge in [0.1, 0.15) is 5.75 Å². The van der Waals surface area contributed by atoms with Gasteiger partial charge in [0.2, 0.25) is 0 Å². The Bertz CT molecular complexity index is 509. The number of hydrogen-bond acceptors (Lipinski definition) is 2. The highest BCUT2D eigenvalue weighted by atomic mass is 31.1. The molecule has 3 heteroatoms. The number of ether oxygens (including phenoxy) is 1. The zero-order valence-corrected chi connectivity index (χ0v) is 10.6. The molecular weight excluding hydrogens is 231 g/mol. The first-order valence-electron chi connectivity index (χ1n) is 5.56. The summed E-state index contributed by atoms with van der Waals surface area (Å²) in [5.41, 5.74) is 0. The van der Waals surface area contributed by atoms with Gasteiger partial charge in [0.25, 0.3) is 0 Å². The lowest BCUT2D eigenvalue weighted by molar-refractivity contribution is 0.340. The molecule has 0 bridgehead atoms. The summed E-state index contributed by atoms with van der Waals surface area (Å²) < 4.78 is 17.7. The Balaban J connectivity index is 2.28. The molecule has 0 aliphatic rings. The van der Waals surface area contributed by atoms with Crippen molar-refractivity contribution in [2.75, 3.05) is 6.61 Å². The molecule has 0 spiro atoms. The van der Waals surface area contributed by atoms with Gasteiger partial charge in [0.15, 0.2) is 10.6 Å². The second kappa shape index (κ2) is 5.60. The lowest BCUT2D eigenvalue weighted by atomic mass is 10.3. The van der Waals surface area contributed by atoms with Crippen molar-refractivity contribution in [3.05, 3.63) is 54.6 Å². The summed E-state index contributed by atoms with van der Waals surface area (Å²) >= 11 is 0. The van der Waals surface area contributed by atoms with Crippen LogP contribution in [0.15, 0.2) is 54.6 Å². The molecule has 1 unspecified atom stereocenters. The summed E-state index contributed by atoms with van der Waals surface area (Å²) in [5.74, 6) is 0.768.